The SMILES string of the molecule is CCC=C(C)C(=O)C(C)C(=O)OCc1ccccc1. The van der Waals surface area contributed by atoms with E-state index in [2.05, 4.69) is 0 Å². The lowest BCUT2D eigenvalue weighted by Gasteiger charge is -2.11. The van der Waals surface area contributed by atoms with Gasteiger partial charge in [0.25, 0.3) is 0 Å². The number of ether oxygens (including phenoxy) is 1. The van der Waals surface area contributed by atoms with Crippen LogP contribution in [0, 0.1) is 5.92 Å². The van der Waals surface area contributed by atoms with E-state index in [0.717, 1.165) is 12.0 Å². The number of carbonyl (C=O) groups is 2. The van der Waals surface area contributed by atoms with Gasteiger partial charge in [0, 0.05) is 0 Å². The Bertz CT molecular complexity index is 460. The van der Waals surface area contributed by atoms with Gasteiger partial charge in [0.05, 0.1) is 0 Å². The van der Waals surface area contributed by atoms with Gasteiger partial charge in [0.15, 0.2) is 5.78 Å². The highest BCUT2D eigenvalue weighted by Gasteiger charge is 2.23. The molecule has 0 N–H and O–H groups in total. The van der Waals surface area contributed by atoms with Gasteiger partial charge in [0.1, 0.15) is 12.5 Å². The highest BCUT2D eigenvalue weighted by atomic mass is 16.5. The molecule has 0 aromatic heterocycles. The van der Waals surface area contributed by atoms with E-state index in [1.807, 2.05) is 43.3 Å². The average Bonchev–Trinajstić information content (AvgIpc) is 2.44. The molecule has 0 saturated carbocycles. The number of hydrogen-bond donors (Lipinski definition) is 0. The number of benzene rings is 1. The predicted octanol–water partition coefficient (Wildman–Crippen LogP) is 3.29. The summed E-state index contributed by atoms with van der Waals surface area (Å²) in [7, 11) is 0. The fraction of sp³-hybridized carbons (Fsp3) is 0.375. The predicted molar refractivity (Wildman–Crippen MR) is 74.5 cm³/mol. The Hall–Kier alpha value is -1.90. The van der Waals surface area contributed by atoms with E-state index < -0.39 is 11.9 Å². The van der Waals surface area contributed by atoms with Crippen molar-refractivity contribution in [2.45, 2.75) is 33.8 Å². The molecule has 0 aliphatic rings. The zero-order valence-electron chi connectivity index (χ0n) is 11.7. The van der Waals surface area contributed by atoms with E-state index in [9.17, 15) is 9.59 Å². The quantitative estimate of drug-likeness (QED) is 0.448. The van der Waals surface area contributed by atoms with Crippen LogP contribution in [0.5, 0.6) is 0 Å². The van der Waals surface area contributed by atoms with Crippen LogP contribution in [0.3, 0.4) is 0 Å². The smallest absolute Gasteiger partial charge is 0.316 e. The summed E-state index contributed by atoms with van der Waals surface area (Å²) >= 11 is 0. The minimum atomic E-state index is -0.744. The first-order chi connectivity index (χ1) is 9.06. The van der Waals surface area contributed by atoms with E-state index in [1.165, 1.54) is 0 Å². The van der Waals surface area contributed by atoms with Crippen molar-refractivity contribution in [3.8, 4) is 0 Å². The molecule has 0 bridgehead atoms. The molecule has 0 radical (unpaired) electrons. The lowest BCUT2D eigenvalue weighted by atomic mass is 10.00. The second kappa shape index (κ2) is 7.52. The summed E-state index contributed by atoms with van der Waals surface area (Å²) in [6.07, 6.45) is 2.60. The number of Topliss-reactive ketones (excluding diaryl/α,β-unsaturated/α-hetero) is 1. The Morgan fingerprint density at radius 1 is 1.26 bits per heavy atom. The third kappa shape index (κ3) is 4.70. The molecule has 0 aliphatic heterocycles. The van der Waals surface area contributed by atoms with Crippen molar-refractivity contribution >= 4 is 11.8 Å². The molecule has 1 aromatic carbocycles. The van der Waals surface area contributed by atoms with Crippen molar-refractivity contribution in [3.05, 3.63) is 47.5 Å². The van der Waals surface area contributed by atoms with Crippen molar-refractivity contribution in [2.75, 3.05) is 0 Å². The molecule has 1 atom stereocenters. The van der Waals surface area contributed by atoms with Gasteiger partial charge in [-0.2, -0.15) is 0 Å². The number of rotatable bonds is 6. The zero-order valence-corrected chi connectivity index (χ0v) is 11.7. The molecule has 0 heterocycles. The van der Waals surface area contributed by atoms with Crippen molar-refractivity contribution in [2.24, 2.45) is 5.92 Å². The van der Waals surface area contributed by atoms with Gasteiger partial charge in [-0.1, -0.05) is 43.3 Å². The highest BCUT2D eigenvalue weighted by Crippen LogP contribution is 2.10. The Morgan fingerprint density at radius 3 is 2.47 bits per heavy atom. The molecule has 1 aromatic rings. The standard InChI is InChI=1S/C16H20O3/c1-4-8-12(2)15(17)13(3)16(18)19-11-14-9-6-5-7-10-14/h5-10,13H,4,11H2,1-3H3. The van der Waals surface area contributed by atoms with Crippen LogP contribution in [0.1, 0.15) is 32.8 Å². The van der Waals surface area contributed by atoms with Gasteiger partial charge < -0.3 is 4.74 Å². The first-order valence-corrected chi connectivity index (χ1v) is 6.47. The van der Waals surface area contributed by atoms with Gasteiger partial charge in [-0.05, 0) is 31.4 Å². The Balaban J connectivity index is 2.54. The normalized spacial score (nSPS) is 12.9. The first-order valence-electron chi connectivity index (χ1n) is 6.47. The molecular formula is C16H20O3. The zero-order chi connectivity index (χ0) is 14.3. The molecular weight excluding hydrogens is 240 g/mol. The molecule has 19 heavy (non-hydrogen) atoms. The van der Waals surface area contributed by atoms with Crippen LogP contribution in [0.25, 0.3) is 0 Å². The average molecular weight is 260 g/mol. The summed E-state index contributed by atoms with van der Waals surface area (Å²) in [4.78, 5) is 23.7. The van der Waals surface area contributed by atoms with Gasteiger partial charge in [0.2, 0.25) is 0 Å². The largest absolute Gasteiger partial charge is 0.460 e. The molecule has 0 saturated heterocycles. The van der Waals surface area contributed by atoms with Crippen LogP contribution in [0.4, 0.5) is 0 Å². The first kappa shape index (κ1) is 15.2. The monoisotopic (exact) mass is 260 g/mol. The molecule has 0 fully saturated rings. The van der Waals surface area contributed by atoms with Crippen LogP contribution in [-0.2, 0) is 20.9 Å². The van der Waals surface area contributed by atoms with Gasteiger partial charge in [-0.3, -0.25) is 9.59 Å². The Labute approximate surface area is 114 Å². The van der Waals surface area contributed by atoms with Crippen LogP contribution in [-0.4, -0.2) is 11.8 Å². The number of allylic oxidation sites excluding steroid dienone is 2. The second-order valence-electron chi connectivity index (χ2n) is 4.47. The van der Waals surface area contributed by atoms with E-state index in [-0.39, 0.29) is 12.4 Å². The number of carbonyl (C=O) groups excluding carboxylic acids is 2. The molecule has 0 spiro atoms. The van der Waals surface area contributed by atoms with Crippen LogP contribution >= 0.6 is 0 Å². The van der Waals surface area contributed by atoms with Gasteiger partial charge >= 0.3 is 5.97 Å². The number of esters is 1. The maximum absolute atomic E-state index is 11.9. The van der Waals surface area contributed by atoms with E-state index >= 15 is 0 Å². The number of ketones is 1. The van der Waals surface area contributed by atoms with Gasteiger partial charge in [-0.15, -0.1) is 0 Å². The van der Waals surface area contributed by atoms with E-state index in [0.29, 0.717) is 5.57 Å². The minimum absolute atomic E-state index is 0.167. The minimum Gasteiger partial charge on any atom is -0.460 e. The molecule has 0 amide bonds. The van der Waals surface area contributed by atoms with Crippen LogP contribution in [0.2, 0.25) is 0 Å². The van der Waals surface area contributed by atoms with Gasteiger partial charge in [-0.25, -0.2) is 0 Å². The fourth-order valence-electron chi connectivity index (χ4n) is 1.71. The molecule has 102 valence electrons. The Kier molecular flexibility index (Phi) is 6.00. The lowest BCUT2D eigenvalue weighted by molar-refractivity contribution is -0.151. The third-order valence-corrected chi connectivity index (χ3v) is 2.87. The van der Waals surface area contributed by atoms with Crippen molar-refractivity contribution in [1.82, 2.24) is 0 Å². The summed E-state index contributed by atoms with van der Waals surface area (Å²) in [6.45, 7) is 5.47. The summed E-state index contributed by atoms with van der Waals surface area (Å²) in [5.41, 5.74) is 1.53. The van der Waals surface area contributed by atoms with Crippen molar-refractivity contribution < 1.29 is 14.3 Å². The van der Waals surface area contributed by atoms with Crippen LogP contribution < -0.4 is 0 Å². The summed E-state index contributed by atoms with van der Waals surface area (Å²) in [5, 5.41) is 0. The van der Waals surface area contributed by atoms with Crippen molar-refractivity contribution in [1.29, 1.82) is 0 Å². The molecule has 3 nitrogen and oxygen atoms in total. The van der Waals surface area contributed by atoms with Crippen molar-refractivity contribution in [3.63, 3.8) is 0 Å². The summed E-state index contributed by atoms with van der Waals surface area (Å²) in [6, 6.07) is 9.41. The maximum Gasteiger partial charge on any atom is 0.316 e. The van der Waals surface area contributed by atoms with Crippen LogP contribution in [0.15, 0.2) is 42.0 Å². The second-order valence-corrected chi connectivity index (χ2v) is 4.47. The molecule has 0 aliphatic carbocycles. The molecule has 1 unspecified atom stereocenters. The number of hydrogen-bond acceptors (Lipinski definition) is 3. The topological polar surface area (TPSA) is 43.4 Å². The Morgan fingerprint density at radius 2 is 1.89 bits per heavy atom. The summed E-state index contributed by atoms with van der Waals surface area (Å²) in [5.74, 6) is -1.39. The maximum atomic E-state index is 11.9. The third-order valence-electron chi connectivity index (χ3n) is 2.87. The van der Waals surface area contributed by atoms with E-state index in [4.69, 9.17) is 4.74 Å². The molecule has 1 rings (SSSR count). The highest BCUT2D eigenvalue weighted by molar-refractivity contribution is 6.07. The molecule has 3 heteroatoms. The van der Waals surface area contributed by atoms with E-state index in [1.54, 1.807) is 13.8 Å². The fourth-order valence-corrected chi connectivity index (χ4v) is 1.71. The lowest BCUT2D eigenvalue weighted by Crippen LogP contribution is -2.24. The summed E-state index contributed by atoms with van der Waals surface area (Å²) < 4.78 is 5.15.